The van der Waals surface area contributed by atoms with E-state index in [2.05, 4.69) is 205 Å². The minimum absolute atomic E-state index is 0.00613. The average Bonchev–Trinajstić information content (AvgIpc) is 1.50. The zero-order valence-corrected chi connectivity index (χ0v) is 56.7. The molecule has 0 saturated heterocycles. The summed E-state index contributed by atoms with van der Waals surface area (Å²) < 4.78 is 3.67. The molecule has 0 aliphatic rings. The van der Waals surface area contributed by atoms with Crippen molar-refractivity contribution in [1.29, 1.82) is 0 Å². The Labute approximate surface area is 501 Å². The smallest absolute Gasteiger partial charge is 0.266 e. The number of rotatable bonds is 4. The summed E-state index contributed by atoms with van der Waals surface area (Å²) in [6.45, 7) is 42.1. The highest BCUT2D eigenvalue weighted by molar-refractivity contribution is 6.93. The van der Waals surface area contributed by atoms with Crippen LogP contribution in [0, 0.1) is 0 Å². The Hall–Kier alpha value is -7.75. The second-order valence-electron chi connectivity index (χ2n) is 31.8. The molecule has 0 fully saturated rings. The van der Waals surface area contributed by atoms with Crippen molar-refractivity contribution in [3.63, 3.8) is 0 Å². The Balaban J connectivity index is 0.000000134. The molecule has 12 aromatic carbocycles. The molecule has 6 heterocycles. The fourth-order valence-corrected chi connectivity index (χ4v) is 22.3. The maximum absolute atomic E-state index is 14.8. The van der Waals surface area contributed by atoms with Crippen molar-refractivity contribution in [3.8, 4) is 0 Å². The third-order valence-corrected chi connectivity index (χ3v) is 28.0. The van der Waals surface area contributed by atoms with Gasteiger partial charge in [0, 0.05) is 33.0 Å². The Morgan fingerprint density at radius 3 is 1.03 bits per heavy atom. The molecule has 8 nitrogen and oxygen atoms in total. The molecule has 0 atom stereocenters. The minimum Gasteiger partial charge on any atom is -0.268 e. The summed E-state index contributed by atoms with van der Waals surface area (Å²) in [6.07, 6.45) is 0. The summed E-state index contributed by atoms with van der Waals surface area (Å²) in [7, 11) is -7.10. The molecule has 12 heteroatoms. The number of hydrogen-bond acceptors (Lipinski definition) is 6. The molecule has 0 radical (unpaired) electrons. The van der Waals surface area contributed by atoms with Gasteiger partial charge in [-0.15, -0.1) is 0 Å². The van der Waals surface area contributed by atoms with E-state index >= 15 is 0 Å². The van der Waals surface area contributed by atoms with Gasteiger partial charge in [-0.1, -0.05) is 214 Å². The van der Waals surface area contributed by atoms with Crippen molar-refractivity contribution in [1.82, 2.24) is 28.7 Å². The summed E-state index contributed by atoms with van der Waals surface area (Å²) in [5, 5.41) is 35.3. The van der Waals surface area contributed by atoms with E-state index in [1.54, 1.807) is 0 Å². The molecule has 0 spiro atoms. The van der Waals surface area contributed by atoms with Gasteiger partial charge in [0.2, 0.25) is 0 Å². The molecule has 0 amide bonds. The van der Waals surface area contributed by atoms with E-state index in [-0.39, 0.29) is 21.9 Å². The van der Waals surface area contributed by atoms with Crippen LogP contribution in [0.2, 0.25) is 78.6 Å². The highest BCUT2D eigenvalue weighted by atomic mass is 28.3. The predicted molar refractivity (Wildman–Crippen MR) is 382 cm³/mol. The third-order valence-electron chi connectivity index (χ3n) is 19.9. The van der Waals surface area contributed by atoms with Crippen LogP contribution >= 0.6 is 0 Å². The number of hydrogen-bond donors (Lipinski definition) is 0. The van der Waals surface area contributed by atoms with E-state index in [9.17, 15) is 9.59 Å². The first-order valence-corrected chi connectivity index (χ1v) is 44.8. The van der Waals surface area contributed by atoms with Crippen LogP contribution in [0.4, 0.5) is 0 Å². The molecular formula is C74H70N6O2Si4. The molecule has 0 saturated carbocycles. The fraction of sp³-hybridized carbons (Fsp3) is 0.270. The predicted octanol–water partition coefficient (Wildman–Crippen LogP) is 16.6. The zero-order chi connectivity index (χ0) is 60.2. The van der Waals surface area contributed by atoms with Crippen molar-refractivity contribution in [2.45, 2.75) is 131 Å². The lowest BCUT2D eigenvalue weighted by Crippen LogP contribution is -2.38. The van der Waals surface area contributed by atoms with Gasteiger partial charge in [-0.25, -0.2) is 24.3 Å². The molecule has 0 unspecified atom stereocenters. The van der Waals surface area contributed by atoms with Crippen LogP contribution in [0.25, 0.3) is 163 Å². The van der Waals surface area contributed by atoms with Gasteiger partial charge in [-0.05, 0) is 132 Å². The highest BCUT2D eigenvalue weighted by Crippen LogP contribution is 2.53. The Bertz CT molecular complexity index is 5990. The van der Waals surface area contributed by atoms with Gasteiger partial charge < -0.3 is 0 Å². The largest absolute Gasteiger partial charge is 0.268 e. The average molecular weight is 1190 g/mol. The Morgan fingerprint density at radius 1 is 0.314 bits per heavy atom. The summed E-state index contributed by atoms with van der Waals surface area (Å²) in [6, 6.07) is 36.6. The summed E-state index contributed by atoms with van der Waals surface area (Å²) in [5.41, 5.74) is 6.13. The number of pyridine rings is 2. The lowest BCUT2D eigenvalue weighted by Gasteiger charge is -2.21. The number of aromatic nitrogens is 6. The highest BCUT2D eigenvalue weighted by Gasteiger charge is 2.36. The number of imidazole rings is 2. The van der Waals surface area contributed by atoms with Crippen molar-refractivity contribution in [2.75, 3.05) is 0 Å². The van der Waals surface area contributed by atoms with E-state index in [0.717, 1.165) is 66.0 Å². The van der Waals surface area contributed by atoms with Crippen LogP contribution in [-0.4, -0.2) is 61.0 Å². The molecule has 18 aromatic rings. The third kappa shape index (κ3) is 6.47. The quantitative estimate of drug-likeness (QED) is 0.129. The summed E-state index contributed by atoms with van der Waals surface area (Å²) >= 11 is 0. The number of nitrogens with zero attached hydrogens (tertiary/aromatic N) is 6. The second kappa shape index (κ2) is 15.9. The van der Waals surface area contributed by atoms with Crippen molar-refractivity contribution in [2.24, 2.45) is 0 Å². The number of benzene rings is 10. The molecule has 86 heavy (non-hydrogen) atoms. The van der Waals surface area contributed by atoms with E-state index in [1.807, 2.05) is 20.9 Å². The van der Waals surface area contributed by atoms with Crippen LogP contribution in [0.1, 0.15) is 52.9 Å². The lowest BCUT2D eigenvalue weighted by atomic mass is 9.92. The second-order valence-corrected chi connectivity index (χ2v) is 51.9. The maximum atomic E-state index is 14.8. The molecule has 424 valence electrons. The van der Waals surface area contributed by atoms with Gasteiger partial charge in [0.05, 0.1) is 48.6 Å². The molecule has 0 aliphatic carbocycles. The van der Waals surface area contributed by atoms with E-state index < -0.39 is 32.3 Å². The summed E-state index contributed by atoms with van der Waals surface area (Å²) in [4.78, 5) is 49.9. The Kier molecular flexibility index (Phi) is 9.70. The van der Waals surface area contributed by atoms with E-state index in [1.165, 1.54) is 118 Å². The molecule has 6 aromatic heterocycles. The van der Waals surface area contributed by atoms with Gasteiger partial charge in [0.25, 0.3) is 11.1 Å². The first-order chi connectivity index (χ1) is 40.3. The monoisotopic (exact) mass is 1190 g/mol. The van der Waals surface area contributed by atoms with Gasteiger partial charge in [0.15, 0.2) is 22.6 Å². The minimum atomic E-state index is -1.78. The fourth-order valence-electron chi connectivity index (χ4n) is 16.0. The lowest BCUT2D eigenvalue weighted by molar-refractivity contribution is 0.571. The van der Waals surface area contributed by atoms with Crippen molar-refractivity contribution < 1.29 is 0 Å². The van der Waals surface area contributed by atoms with Gasteiger partial charge in [0.1, 0.15) is 5.52 Å². The zero-order valence-electron chi connectivity index (χ0n) is 52.7. The van der Waals surface area contributed by atoms with Crippen LogP contribution in [0.3, 0.4) is 0 Å². The topological polar surface area (TPSA) is 94.5 Å². The molecule has 18 rings (SSSR count). The molecular weight excluding hydrogens is 1120 g/mol. The normalized spacial score (nSPS) is 14.3. The van der Waals surface area contributed by atoms with Crippen LogP contribution in [-0.2, 0) is 10.8 Å². The van der Waals surface area contributed by atoms with Crippen molar-refractivity contribution in [3.05, 3.63) is 129 Å². The molecule has 0 N–H and O–H groups in total. The maximum Gasteiger partial charge on any atom is 0.266 e. The summed E-state index contributed by atoms with van der Waals surface area (Å²) in [5.74, 6) is 0. The van der Waals surface area contributed by atoms with Crippen LogP contribution in [0.15, 0.2) is 107 Å². The van der Waals surface area contributed by atoms with E-state index in [0.29, 0.717) is 11.3 Å². The van der Waals surface area contributed by atoms with E-state index in [4.69, 9.17) is 19.9 Å². The van der Waals surface area contributed by atoms with Gasteiger partial charge in [-0.3, -0.25) is 14.0 Å². The SMILES string of the molecule is CC(C)(C)c1ccc2c(n1)nc1c3c4cc([Si](C)(C)C)c5ccc6ccc7c([Si](C)(C)C)cc(c3c(=O)n21)c1c7c6c5c41.CC(C)(C)c1ccc2nc3c4c5cc([Si](C)(C)C)c6ccc7ccc8c([Si](C)(C)C)cc(c4c(=O)n3c2n1)c1c8c7c6c51. The van der Waals surface area contributed by atoms with Crippen molar-refractivity contribution >= 4 is 216 Å². The first-order valence-electron chi connectivity index (χ1n) is 30.8. The van der Waals surface area contributed by atoms with Gasteiger partial charge in [-0.2, -0.15) is 0 Å². The Morgan fingerprint density at radius 2 is 0.651 bits per heavy atom. The van der Waals surface area contributed by atoms with Gasteiger partial charge >= 0.3 is 0 Å². The molecule has 0 bridgehead atoms. The molecule has 0 aliphatic heterocycles. The standard InChI is InChI=1S/2C37H35N3OSi2/c1-37(2,3)26-15-14-23-34(38-26)39-35-32-21-16-24(42(4,5)6)19-12-10-18-11-13-20-25(43(7,8)9)17-22(33(32)36(41)40(23)35)31-29(20)27(18)28(19)30(21)31;1-37(2,3)26-15-14-23-34(39-26)40-35(38-23)32-21-16-24(42(4,5)6)19-12-10-18-11-13-20-25(43(7,8)9)17-22(33(32)36(40)41)31-29(20)27(18)28(19)30(21)31/h2*10-17H,1-9H3. The van der Waals surface area contributed by atoms with Crippen LogP contribution < -0.4 is 31.9 Å². The number of fused-ring (bicyclic) bond motifs is 14. The first kappa shape index (κ1) is 52.6. The van der Waals surface area contributed by atoms with Crippen LogP contribution in [0.5, 0.6) is 0 Å².